The van der Waals surface area contributed by atoms with Crippen molar-refractivity contribution < 1.29 is 0 Å². The second kappa shape index (κ2) is 5.07. The van der Waals surface area contributed by atoms with Crippen molar-refractivity contribution in [3.63, 3.8) is 0 Å². The van der Waals surface area contributed by atoms with Crippen LogP contribution in [-0.2, 0) is 0 Å². The topological polar surface area (TPSA) is 52.8 Å². The van der Waals surface area contributed by atoms with Gasteiger partial charge in [-0.15, -0.1) is 10.2 Å². The smallest absolute Gasteiger partial charge is 0.185 e. The van der Waals surface area contributed by atoms with E-state index in [9.17, 15) is 0 Å². The van der Waals surface area contributed by atoms with Crippen LogP contribution in [0.1, 0.15) is 16.7 Å². The van der Waals surface area contributed by atoms with Gasteiger partial charge >= 0.3 is 0 Å². The van der Waals surface area contributed by atoms with Gasteiger partial charge in [0.2, 0.25) is 0 Å². The van der Waals surface area contributed by atoms with Gasteiger partial charge in [0.25, 0.3) is 0 Å². The van der Waals surface area contributed by atoms with Crippen LogP contribution in [0, 0.1) is 32.2 Å². The van der Waals surface area contributed by atoms with Crippen molar-refractivity contribution in [1.82, 2.24) is 10.2 Å². The van der Waals surface area contributed by atoms with Crippen molar-refractivity contribution >= 4 is 5.82 Å². The van der Waals surface area contributed by atoms with Crippen LogP contribution in [0.2, 0.25) is 0 Å². The molecule has 0 amide bonds. The molecule has 0 fully saturated rings. The summed E-state index contributed by atoms with van der Waals surface area (Å²) in [5.41, 5.74) is 5.60. The van der Waals surface area contributed by atoms with E-state index in [1.54, 1.807) is 13.1 Å². The lowest BCUT2D eigenvalue weighted by atomic mass is 9.99. The van der Waals surface area contributed by atoms with Gasteiger partial charge in [0.15, 0.2) is 12.0 Å². The monoisotopic (exact) mass is 252 g/mol. The Labute approximate surface area is 113 Å². The maximum atomic E-state index is 8.79. The fourth-order valence-electron chi connectivity index (χ4n) is 1.94. The summed E-state index contributed by atoms with van der Waals surface area (Å²) in [7, 11) is 1.66. The highest BCUT2D eigenvalue weighted by molar-refractivity contribution is 5.65. The summed E-state index contributed by atoms with van der Waals surface area (Å²) in [5, 5.41) is 17.1. The van der Waals surface area contributed by atoms with E-state index >= 15 is 0 Å². The van der Waals surface area contributed by atoms with E-state index in [1.165, 1.54) is 21.6 Å². The molecule has 0 aliphatic carbocycles. The average molecular weight is 252 g/mol. The molecule has 0 unspecified atom stereocenters. The normalized spacial score (nSPS) is 10.1. The molecule has 1 heterocycles. The maximum absolute atomic E-state index is 8.79. The summed E-state index contributed by atoms with van der Waals surface area (Å²) in [4.78, 5) is 1.38. The minimum atomic E-state index is 0.549. The minimum absolute atomic E-state index is 0.549. The molecule has 19 heavy (non-hydrogen) atoms. The lowest BCUT2D eigenvalue weighted by molar-refractivity contribution is 0.992. The Morgan fingerprint density at radius 3 is 2.26 bits per heavy atom. The molecule has 1 aromatic carbocycles. The molecule has 4 nitrogen and oxygen atoms in total. The summed E-state index contributed by atoms with van der Waals surface area (Å²) >= 11 is 0. The van der Waals surface area contributed by atoms with Crippen molar-refractivity contribution in [1.29, 1.82) is 5.26 Å². The Morgan fingerprint density at radius 2 is 1.68 bits per heavy atom. The number of aryl methyl sites for hydroxylation is 3. The zero-order valence-electron chi connectivity index (χ0n) is 11.6. The SMILES string of the molecule is Cc1cc(C)c(-c2ccc(N(C)C#N)nn2)cc1C. The molecule has 2 rings (SSSR count). The summed E-state index contributed by atoms with van der Waals surface area (Å²) in [5.74, 6) is 0.549. The third-order valence-electron chi connectivity index (χ3n) is 3.26. The Morgan fingerprint density at radius 1 is 1.00 bits per heavy atom. The van der Waals surface area contributed by atoms with E-state index in [1.807, 2.05) is 12.3 Å². The second-order valence-corrected chi connectivity index (χ2v) is 4.69. The molecule has 0 N–H and O–H groups in total. The Bertz CT molecular complexity index is 638. The van der Waals surface area contributed by atoms with Gasteiger partial charge in [-0.25, -0.2) is 0 Å². The van der Waals surface area contributed by atoms with Gasteiger partial charge in [-0.1, -0.05) is 6.07 Å². The van der Waals surface area contributed by atoms with Gasteiger partial charge in [0, 0.05) is 12.6 Å². The Balaban J connectivity index is 2.43. The Kier molecular flexibility index (Phi) is 3.48. The van der Waals surface area contributed by atoms with Gasteiger partial charge in [0.1, 0.15) is 0 Å². The number of rotatable bonds is 2. The zero-order valence-corrected chi connectivity index (χ0v) is 11.6. The van der Waals surface area contributed by atoms with Gasteiger partial charge in [-0.2, -0.15) is 5.26 Å². The maximum Gasteiger partial charge on any atom is 0.185 e. The zero-order chi connectivity index (χ0) is 14.0. The van der Waals surface area contributed by atoms with Crippen molar-refractivity contribution in [3.8, 4) is 17.5 Å². The third kappa shape index (κ3) is 2.55. The molecular weight excluding hydrogens is 236 g/mol. The first-order valence-electron chi connectivity index (χ1n) is 6.08. The molecule has 0 bridgehead atoms. The van der Waals surface area contributed by atoms with E-state index < -0.39 is 0 Å². The van der Waals surface area contributed by atoms with E-state index in [-0.39, 0.29) is 0 Å². The standard InChI is InChI=1S/C15H16N4/c1-10-7-12(3)13(8-11(10)2)14-5-6-15(18-17-14)19(4)9-16/h5-8H,1-4H3. The largest absolute Gasteiger partial charge is 0.265 e. The van der Waals surface area contributed by atoms with Crippen LogP contribution in [0.3, 0.4) is 0 Å². The lowest BCUT2D eigenvalue weighted by Crippen LogP contribution is -2.10. The first-order valence-corrected chi connectivity index (χ1v) is 6.08. The van der Waals surface area contributed by atoms with Crippen LogP contribution in [-0.4, -0.2) is 17.2 Å². The molecule has 2 aromatic rings. The number of hydrogen-bond acceptors (Lipinski definition) is 4. The average Bonchev–Trinajstić information content (AvgIpc) is 2.42. The number of benzene rings is 1. The Hall–Kier alpha value is -2.41. The third-order valence-corrected chi connectivity index (χ3v) is 3.26. The van der Waals surface area contributed by atoms with Crippen LogP contribution in [0.25, 0.3) is 11.3 Å². The first-order chi connectivity index (χ1) is 9.02. The predicted molar refractivity (Wildman–Crippen MR) is 75.7 cm³/mol. The summed E-state index contributed by atoms with van der Waals surface area (Å²) in [6, 6.07) is 7.98. The van der Waals surface area contributed by atoms with Crippen LogP contribution in [0.15, 0.2) is 24.3 Å². The van der Waals surface area contributed by atoms with Crippen molar-refractivity contribution in [2.24, 2.45) is 0 Å². The van der Waals surface area contributed by atoms with Crippen molar-refractivity contribution in [2.45, 2.75) is 20.8 Å². The van der Waals surface area contributed by atoms with Crippen molar-refractivity contribution in [2.75, 3.05) is 11.9 Å². The van der Waals surface area contributed by atoms with Gasteiger partial charge in [-0.3, -0.25) is 4.90 Å². The molecule has 0 aliphatic heterocycles. The van der Waals surface area contributed by atoms with E-state index in [2.05, 4.69) is 43.1 Å². The number of aromatic nitrogens is 2. The molecule has 0 saturated heterocycles. The molecule has 0 aliphatic rings. The second-order valence-electron chi connectivity index (χ2n) is 4.69. The van der Waals surface area contributed by atoms with Crippen LogP contribution in [0.5, 0.6) is 0 Å². The van der Waals surface area contributed by atoms with Crippen LogP contribution in [0.4, 0.5) is 5.82 Å². The molecule has 0 saturated carbocycles. The molecule has 1 aromatic heterocycles. The fraction of sp³-hybridized carbons (Fsp3) is 0.267. The molecule has 4 heteroatoms. The highest BCUT2D eigenvalue weighted by Gasteiger charge is 2.08. The summed E-state index contributed by atoms with van der Waals surface area (Å²) < 4.78 is 0. The molecular formula is C15H16N4. The highest BCUT2D eigenvalue weighted by atomic mass is 15.2. The summed E-state index contributed by atoms with van der Waals surface area (Å²) in [6.45, 7) is 6.26. The molecule has 0 spiro atoms. The number of nitrogens with zero attached hydrogens (tertiary/aromatic N) is 4. The predicted octanol–water partition coefficient (Wildman–Crippen LogP) is 2.99. The molecule has 0 atom stereocenters. The fourth-order valence-corrected chi connectivity index (χ4v) is 1.94. The van der Waals surface area contributed by atoms with E-state index in [0.717, 1.165) is 11.3 Å². The first kappa shape index (κ1) is 13.0. The van der Waals surface area contributed by atoms with Crippen LogP contribution < -0.4 is 4.90 Å². The van der Waals surface area contributed by atoms with Gasteiger partial charge < -0.3 is 0 Å². The number of anilines is 1. The number of nitriles is 1. The minimum Gasteiger partial charge on any atom is -0.265 e. The van der Waals surface area contributed by atoms with E-state index in [0.29, 0.717) is 5.82 Å². The van der Waals surface area contributed by atoms with Crippen molar-refractivity contribution in [3.05, 3.63) is 41.0 Å². The van der Waals surface area contributed by atoms with E-state index in [4.69, 9.17) is 5.26 Å². The quantitative estimate of drug-likeness (QED) is 0.609. The lowest BCUT2D eigenvalue weighted by Gasteiger charge is -2.10. The van der Waals surface area contributed by atoms with Gasteiger partial charge in [0.05, 0.1) is 5.69 Å². The molecule has 0 radical (unpaired) electrons. The molecule has 96 valence electrons. The number of hydrogen-bond donors (Lipinski definition) is 0. The van der Waals surface area contributed by atoms with Gasteiger partial charge in [-0.05, 0) is 55.7 Å². The summed E-state index contributed by atoms with van der Waals surface area (Å²) in [6.07, 6.45) is 2.00. The van der Waals surface area contributed by atoms with Crippen LogP contribution >= 0.6 is 0 Å². The highest BCUT2D eigenvalue weighted by Crippen LogP contribution is 2.25.